The lowest BCUT2D eigenvalue weighted by atomic mass is 10.2. The van der Waals surface area contributed by atoms with E-state index in [1.54, 1.807) is 38.1 Å². The molecule has 0 radical (unpaired) electrons. The lowest BCUT2D eigenvalue weighted by molar-refractivity contribution is 0.484. The van der Waals surface area contributed by atoms with Crippen LogP contribution in [0, 0.1) is 13.8 Å². The van der Waals surface area contributed by atoms with Gasteiger partial charge in [0.15, 0.2) is 9.84 Å². The topological polar surface area (TPSA) is 153 Å². The Balaban J connectivity index is 1.61. The third-order valence-electron chi connectivity index (χ3n) is 4.82. The van der Waals surface area contributed by atoms with Crippen molar-refractivity contribution in [1.29, 1.82) is 0 Å². The summed E-state index contributed by atoms with van der Waals surface area (Å²) in [5.41, 5.74) is 1.79. The van der Waals surface area contributed by atoms with Crippen molar-refractivity contribution in [3.63, 3.8) is 0 Å². The van der Waals surface area contributed by atoms with Gasteiger partial charge in [0.05, 0.1) is 28.9 Å². The summed E-state index contributed by atoms with van der Waals surface area (Å²) in [5.74, 6) is 0.460. The van der Waals surface area contributed by atoms with E-state index in [0.717, 1.165) is 0 Å². The van der Waals surface area contributed by atoms with Gasteiger partial charge < -0.3 is 0 Å². The van der Waals surface area contributed by atoms with Crippen molar-refractivity contribution in [3.05, 3.63) is 35.7 Å². The smallest absolute Gasteiger partial charge is 0.265 e. The van der Waals surface area contributed by atoms with Crippen LogP contribution in [-0.4, -0.2) is 58.7 Å². The first-order valence-electron chi connectivity index (χ1n) is 8.79. The first kappa shape index (κ1) is 19.5. The molecule has 1 aliphatic rings. The quantitative estimate of drug-likeness (QED) is 0.595. The van der Waals surface area contributed by atoms with E-state index in [-0.39, 0.29) is 22.4 Å². The summed E-state index contributed by atoms with van der Waals surface area (Å²) in [4.78, 5) is 0.0593. The number of sulfone groups is 1. The molecule has 4 rings (SSSR count). The summed E-state index contributed by atoms with van der Waals surface area (Å²) in [6.45, 7) is 3.24. The second-order valence-corrected chi connectivity index (χ2v) is 10.8. The van der Waals surface area contributed by atoms with Crippen molar-refractivity contribution in [2.24, 2.45) is 0 Å². The normalized spacial score (nSPS) is 18.8. The minimum absolute atomic E-state index is 0.0284. The zero-order valence-electron chi connectivity index (χ0n) is 15.7. The van der Waals surface area contributed by atoms with Gasteiger partial charge in [-0.2, -0.15) is 10.3 Å². The highest BCUT2D eigenvalue weighted by atomic mass is 32.2. The standard InChI is InChI=1S/C16H19N7O4S2/c1-10-15(11(2)23(19-10)14-7-8-28(24,25)9-14)29(26,27)20-13-5-3-12(4-6-13)16-17-21-22-18-16/h3-6,14,20H,7-9H2,1-2H3,(H,17,18,21,22)/t14-/m1/s1. The second kappa shape index (κ2) is 6.91. The fraction of sp³-hybridized carbons (Fsp3) is 0.375. The lowest BCUT2D eigenvalue weighted by Crippen LogP contribution is -2.17. The molecule has 13 heteroatoms. The first-order valence-corrected chi connectivity index (χ1v) is 12.1. The Morgan fingerprint density at radius 3 is 2.52 bits per heavy atom. The molecular formula is C16H19N7O4S2. The molecule has 2 aromatic heterocycles. The van der Waals surface area contributed by atoms with Crippen LogP contribution < -0.4 is 4.72 Å². The van der Waals surface area contributed by atoms with Gasteiger partial charge in [-0.3, -0.25) is 9.40 Å². The van der Waals surface area contributed by atoms with Gasteiger partial charge in [0.1, 0.15) is 4.90 Å². The van der Waals surface area contributed by atoms with E-state index in [9.17, 15) is 16.8 Å². The number of nitrogens with one attached hydrogen (secondary N) is 2. The molecule has 1 aliphatic heterocycles. The van der Waals surface area contributed by atoms with Crippen molar-refractivity contribution < 1.29 is 16.8 Å². The molecule has 29 heavy (non-hydrogen) atoms. The number of nitrogens with zero attached hydrogens (tertiary/aromatic N) is 5. The molecule has 3 heterocycles. The first-order chi connectivity index (χ1) is 13.7. The lowest BCUT2D eigenvalue weighted by Gasteiger charge is -2.12. The van der Waals surface area contributed by atoms with Gasteiger partial charge in [-0.15, -0.1) is 10.2 Å². The highest BCUT2D eigenvalue weighted by molar-refractivity contribution is 7.92. The summed E-state index contributed by atoms with van der Waals surface area (Å²) in [5, 5.41) is 17.9. The number of hydrogen-bond donors (Lipinski definition) is 2. The molecule has 0 spiro atoms. The second-order valence-electron chi connectivity index (χ2n) is 6.92. The van der Waals surface area contributed by atoms with Crippen LogP contribution in [0.15, 0.2) is 29.2 Å². The minimum Gasteiger partial charge on any atom is -0.280 e. The van der Waals surface area contributed by atoms with Crippen LogP contribution in [-0.2, 0) is 19.9 Å². The molecule has 1 aromatic carbocycles. The average Bonchev–Trinajstić information content (AvgIpc) is 3.35. The van der Waals surface area contributed by atoms with Crippen LogP contribution in [0.2, 0.25) is 0 Å². The molecule has 3 aromatic rings. The summed E-state index contributed by atoms with van der Waals surface area (Å²) in [6, 6.07) is 6.20. The Kier molecular flexibility index (Phi) is 4.65. The van der Waals surface area contributed by atoms with Gasteiger partial charge >= 0.3 is 0 Å². The molecule has 0 aliphatic carbocycles. The number of anilines is 1. The van der Waals surface area contributed by atoms with E-state index >= 15 is 0 Å². The third kappa shape index (κ3) is 3.74. The number of benzene rings is 1. The summed E-state index contributed by atoms with van der Waals surface area (Å²) >= 11 is 0. The Morgan fingerprint density at radius 1 is 1.21 bits per heavy atom. The largest absolute Gasteiger partial charge is 0.280 e. The number of tetrazole rings is 1. The van der Waals surface area contributed by atoms with Gasteiger partial charge in [0.25, 0.3) is 10.0 Å². The predicted molar refractivity (Wildman–Crippen MR) is 104 cm³/mol. The van der Waals surface area contributed by atoms with Crippen LogP contribution in [0.5, 0.6) is 0 Å². The molecule has 0 amide bonds. The fourth-order valence-electron chi connectivity index (χ4n) is 3.54. The average molecular weight is 438 g/mol. The molecule has 2 N–H and O–H groups in total. The maximum Gasteiger partial charge on any atom is 0.265 e. The van der Waals surface area contributed by atoms with Crippen LogP contribution in [0.4, 0.5) is 5.69 Å². The van der Waals surface area contributed by atoms with Crippen molar-refractivity contribution >= 4 is 25.5 Å². The van der Waals surface area contributed by atoms with E-state index in [1.165, 1.54) is 4.68 Å². The van der Waals surface area contributed by atoms with E-state index < -0.39 is 19.9 Å². The van der Waals surface area contributed by atoms with E-state index in [2.05, 4.69) is 30.4 Å². The molecular weight excluding hydrogens is 418 g/mol. The number of aromatic nitrogens is 6. The van der Waals surface area contributed by atoms with Gasteiger partial charge in [0.2, 0.25) is 5.82 Å². The van der Waals surface area contributed by atoms with Gasteiger partial charge in [-0.25, -0.2) is 16.8 Å². The number of hydrogen-bond acceptors (Lipinski definition) is 8. The molecule has 1 atom stereocenters. The Labute approximate surface area is 167 Å². The number of H-pyrrole nitrogens is 1. The maximum atomic E-state index is 13.0. The van der Waals surface area contributed by atoms with Crippen LogP contribution >= 0.6 is 0 Å². The van der Waals surface area contributed by atoms with Gasteiger partial charge in [-0.05, 0) is 49.7 Å². The molecule has 0 bridgehead atoms. The Morgan fingerprint density at radius 2 is 1.93 bits per heavy atom. The Hall–Kier alpha value is -2.80. The SMILES string of the molecule is Cc1nn([C@@H]2CCS(=O)(=O)C2)c(C)c1S(=O)(=O)Nc1ccc(-c2nn[nH]n2)cc1. The monoisotopic (exact) mass is 437 g/mol. The number of aryl methyl sites for hydroxylation is 1. The van der Waals surface area contributed by atoms with Crippen molar-refractivity contribution in [3.8, 4) is 11.4 Å². The fourth-order valence-corrected chi connectivity index (χ4v) is 6.69. The summed E-state index contributed by atoms with van der Waals surface area (Å²) in [7, 11) is -7.02. The molecule has 0 saturated carbocycles. The zero-order chi connectivity index (χ0) is 20.8. The number of sulfonamides is 1. The van der Waals surface area contributed by atoms with E-state index in [0.29, 0.717) is 34.9 Å². The van der Waals surface area contributed by atoms with Crippen molar-refractivity contribution in [2.75, 3.05) is 16.2 Å². The number of aromatic amines is 1. The predicted octanol–water partition coefficient (Wildman–Crippen LogP) is 0.840. The highest BCUT2D eigenvalue weighted by Crippen LogP contribution is 2.30. The third-order valence-corrected chi connectivity index (χ3v) is 8.21. The molecule has 11 nitrogen and oxygen atoms in total. The van der Waals surface area contributed by atoms with Crippen molar-refractivity contribution in [2.45, 2.75) is 31.2 Å². The zero-order valence-corrected chi connectivity index (χ0v) is 17.3. The van der Waals surface area contributed by atoms with Gasteiger partial charge in [0, 0.05) is 11.3 Å². The van der Waals surface area contributed by atoms with E-state index in [4.69, 9.17) is 0 Å². The maximum absolute atomic E-state index is 13.0. The molecule has 154 valence electrons. The molecule has 0 unspecified atom stereocenters. The van der Waals surface area contributed by atoms with Crippen molar-refractivity contribution in [1.82, 2.24) is 30.4 Å². The summed E-state index contributed by atoms with van der Waals surface area (Å²) in [6.07, 6.45) is 0.425. The Bertz CT molecular complexity index is 1250. The summed E-state index contributed by atoms with van der Waals surface area (Å²) < 4.78 is 53.6. The van der Waals surface area contributed by atoms with E-state index in [1.807, 2.05) is 0 Å². The van der Waals surface area contributed by atoms with Gasteiger partial charge in [-0.1, -0.05) is 0 Å². The van der Waals surface area contributed by atoms with Crippen LogP contribution in [0.3, 0.4) is 0 Å². The minimum atomic E-state index is -3.91. The highest BCUT2D eigenvalue weighted by Gasteiger charge is 2.33. The molecule has 1 fully saturated rings. The molecule has 1 saturated heterocycles. The number of rotatable bonds is 5. The van der Waals surface area contributed by atoms with Crippen LogP contribution in [0.1, 0.15) is 23.9 Å². The van der Waals surface area contributed by atoms with Crippen LogP contribution in [0.25, 0.3) is 11.4 Å².